The van der Waals surface area contributed by atoms with E-state index in [9.17, 15) is 0 Å². The average Bonchev–Trinajstić information content (AvgIpc) is 3.30. The number of benzene rings is 2. The minimum Gasteiger partial charge on any atom is -0.491 e. The van der Waals surface area contributed by atoms with E-state index in [1.165, 1.54) is 5.56 Å². The molecule has 0 fully saturated rings. The van der Waals surface area contributed by atoms with E-state index >= 15 is 0 Å². The summed E-state index contributed by atoms with van der Waals surface area (Å²) in [6.45, 7) is 5.52. The molecule has 5 nitrogen and oxygen atoms in total. The van der Waals surface area contributed by atoms with Gasteiger partial charge in [-0.3, -0.25) is 5.43 Å². The van der Waals surface area contributed by atoms with Crippen LogP contribution in [0.4, 0.5) is 5.13 Å². The number of nitrogens with one attached hydrogen (secondary N) is 1. The molecule has 0 saturated heterocycles. The number of thiazole rings is 1. The summed E-state index contributed by atoms with van der Waals surface area (Å²) in [5.41, 5.74) is 7.43. The van der Waals surface area contributed by atoms with Crippen LogP contribution in [0, 0.1) is 13.8 Å². The third-order valence-corrected chi connectivity index (χ3v) is 5.38. The molecule has 0 spiro atoms. The van der Waals surface area contributed by atoms with Gasteiger partial charge in [-0.2, -0.15) is 5.10 Å². The van der Waals surface area contributed by atoms with Crippen LogP contribution in [0.3, 0.4) is 0 Å². The Hall–Kier alpha value is -3.12. The van der Waals surface area contributed by atoms with Gasteiger partial charge in [0, 0.05) is 6.20 Å². The Labute approximate surface area is 168 Å². The molecule has 6 heteroatoms. The molecule has 1 N–H and O–H groups in total. The summed E-state index contributed by atoms with van der Waals surface area (Å²) >= 11 is 1.59. The summed E-state index contributed by atoms with van der Waals surface area (Å²) in [5.74, 6) is 0.936. The topological polar surface area (TPSA) is 51.4 Å². The minimum absolute atomic E-state index is 0.602. The summed E-state index contributed by atoms with van der Waals surface area (Å²) in [7, 11) is 0. The van der Waals surface area contributed by atoms with Gasteiger partial charge in [0.15, 0.2) is 0 Å². The number of hydrogen-bond acceptors (Lipinski definition) is 5. The first-order chi connectivity index (χ1) is 13.7. The van der Waals surface area contributed by atoms with E-state index in [0.717, 1.165) is 38.9 Å². The van der Waals surface area contributed by atoms with Gasteiger partial charge in [0.05, 0.1) is 28.7 Å². The highest BCUT2D eigenvalue weighted by Crippen LogP contribution is 2.25. The van der Waals surface area contributed by atoms with Crippen molar-refractivity contribution in [3.8, 4) is 5.75 Å². The van der Waals surface area contributed by atoms with E-state index in [1.54, 1.807) is 11.3 Å². The third kappa shape index (κ3) is 4.23. The first-order valence-electron chi connectivity index (χ1n) is 9.19. The molecule has 0 bridgehead atoms. The van der Waals surface area contributed by atoms with E-state index in [-0.39, 0.29) is 0 Å². The molecular weight excluding hydrogens is 368 g/mol. The molecule has 4 rings (SSSR count). The highest BCUT2D eigenvalue weighted by atomic mass is 32.1. The molecular formula is C22H22N4OS. The summed E-state index contributed by atoms with van der Waals surface area (Å²) in [5, 5.41) is 5.13. The van der Waals surface area contributed by atoms with Gasteiger partial charge in [0.1, 0.15) is 12.4 Å². The predicted octanol–water partition coefficient (Wildman–Crippen LogP) is 5.24. The molecule has 0 unspecified atom stereocenters. The number of fused-ring (bicyclic) bond motifs is 1. The molecule has 0 radical (unpaired) electrons. The van der Waals surface area contributed by atoms with Crippen molar-refractivity contribution in [1.82, 2.24) is 9.55 Å². The fourth-order valence-corrected chi connectivity index (χ4v) is 3.85. The first-order valence-corrected chi connectivity index (χ1v) is 10.0. The highest BCUT2D eigenvalue weighted by Gasteiger charge is 2.03. The molecule has 28 heavy (non-hydrogen) atoms. The van der Waals surface area contributed by atoms with Crippen molar-refractivity contribution in [3.05, 3.63) is 77.6 Å². The van der Waals surface area contributed by atoms with Crippen LogP contribution in [-0.2, 0) is 6.54 Å². The van der Waals surface area contributed by atoms with Gasteiger partial charge >= 0.3 is 0 Å². The zero-order valence-electron chi connectivity index (χ0n) is 15.9. The molecule has 2 aromatic carbocycles. The molecule has 0 aliphatic rings. The molecule has 2 heterocycles. The van der Waals surface area contributed by atoms with Gasteiger partial charge in [-0.1, -0.05) is 41.2 Å². The van der Waals surface area contributed by atoms with Gasteiger partial charge in [0.2, 0.25) is 5.13 Å². The minimum atomic E-state index is 0.602. The second kappa shape index (κ2) is 8.27. The summed E-state index contributed by atoms with van der Waals surface area (Å²) in [6.07, 6.45) is 3.84. The van der Waals surface area contributed by atoms with Crippen molar-refractivity contribution in [2.45, 2.75) is 20.4 Å². The van der Waals surface area contributed by atoms with Crippen LogP contribution < -0.4 is 10.2 Å². The van der Waals surface area contributed by atoms with Crippen LogP contribution in [0.2, 0.25) is 0 Å². The maximum Gasteiger partial charge on any atom is 0.204 e. The number of nitrogens with zero attached hydrogens (tertiary/aromatic N) is 3. The highest BCUT2D eigenvalue weighted by molar-refractivity contribution is 7.22. The van der Waals surface area contributed by atoms with E-state index < -0.39 is 0 Å². The van der Waals surface area contributed by atoms with Crippen molar-refractivity contribution in [2.75, 3.05) is 12.0 Å². The van der Waals surface area contributed by atoms with Crippen LogP contribution in [0.15, 0.2) is 65.9 Å². The number of anilines is 1. The maximum absolute atomic E-state index is 5.94. The molecule has 0 aliphatic carbocycles. The fraction of sp³-hybridized carbons (Fsp3) is 0.182. The van der Waals surface area contributed by atoms with Gasteiger partial charge in [-0.05, 0) is 49.7 Å². The maximum atomic E-state index is 5.94. The van der Waals surface area contributed by atoms with Crippen LogP contribution in [0.25, 0.3) is 10.2 Å². The Bertz CT molecular complexity index is 1080. The predicted molar refractivity (Wildman–Crippen MR) is 117 cm³/mol. The molecule has 0 aliphatic heterocycles. The second-order valence-corrected chi connectivity index (χ2v) is 7.63. The lowest BCUT2D eigenvalue weighted by Gasteiger charge is -2.11. The van der Waals surface area contributed by atoms with Crippen molar-refractivity contribution >= 4 is 32.9 Å². The Kier molecular flexibility index (Phi) is 5.39. The lowest BCUT2D eigenvalue weighted by molar-refractivity contribution is 0.296. The summed E-state index contributed by atoms with van der Waals surface area (Å²) in [4.78, 5) is 4.52. The van der Waals surface area contributed by atoms with Crippen molar-refractivity contribution in [3.63, 3.8) is 0 Å². The molecule has 0 amide bonds. The number of aromatic nitrogens is 2. The molecule has 4 aromatic rings. The van der Waals surface area contributed by atoms with E-state index in [2.05, 4.69) is 52.1 Å². The van der Waals surface area contributed by atoms with Gasteiger partial charge in [0.25, 0.3) is 0 Å². The normalized spacial score (nSPS) is 11.4. The third-order valence-electron chi connectivity index (χ3n) is 4.44. The smallest absolute Gasteiger partial charge is 0.204 e. The SMILES string of the molecule is Cc1ccc(OCCn2cccc2/C=N\Nc2nc3ccccc3s2)c(C)c1. The molecule has 0 saturated carbocycles. The molecule has 142 valence electrons. The van der Waals surface area contributed by atoms with Crippen molar-refractivity contribution in [1.29, 1.82) is 0 Å². The number of ether oxygens (including phenoxy) is 1. The average molecular weight is 391 g/mol. The molecule has 0 atom stereocenters. The van der Waals surface area contributed by atoms with E-state index in [0.29, 0.717) is 6.61 Å². The monoisotopic (exact) mass is 390 g/mol. The standard InChI is InChI=1S/C22H22N4OS/c1-16-9-10-20(17(2)14-16)27-13-12-26-11-5-6-18(26)15-23-25-22-24-19-7-3-4-8-21(19)28-22/h3-11,14-15H,12-13H2,1-2H3,(H,24,25)/b23-15-. The van der Waals surface area contributed by atoms with Crippen LogP contribution in [0.1, 0.15) is 16.8 Å². The van der Waals surface area contributed by atoms with Crippen LogP contribution >= 0.6 is 11.3 Å². The van der Waals surface area contributed by atoms with Gasteiger partial charge < -0.3 is 9.30 Å². The Morgan fingerprint density at radius 2 is 2.04 bits per heavy atom. The quantitative estimate of drug-likeness (QED) is 0.347. The summed E-state index contributed by atoms with van der Waals surface area (Å²) < 4.78 is 9.20. The van der Waals surface area contributed by atoms with Crippen LogP contribution in [-0.4, -0.2) is 22.4 Å². The van der Waals surface area contributed by atoms with E-state index in [1.807, 2.05) is 48.8 Å². The van der Waals surface area contributed by atoms with Crippen LogP contribution in [0.5, 0.6) is 5.75 Å². The lowest BCUT2D eigenvalue weighted by Crippen LogP contribution is -2.10. The van der Waals surface area contributed by atoms with E-state index in [4.69, 9.17) is 4.74 Å². The number of hydrogen-bond donors (Lipinski definition) is 1. The van der Waals surface area contributed by atoms with Crippen molar-refractivity contribution in [2.24, 2.45) is 5.10 Å². The molecule has 2 aromatic heterocycles. The Balaban J connectivity index is 1.35. The zero-order chi connectivity index (χ0) is 19.3. The van der Waals surface area contributed by atoms with Crippen molar-refractivity contribution < 1.29 is 4.74 Å². The Morgan fingerprint density at radius 3 is 2.89 bits per heavy atom. The summed E-state index contributed by atoms with van der Waals surface area (Å²) in [6, 6.07) is 18.3. The first kappa shape index (κ1) is 18.3. The number of rotatable bonds is 7. The number of para-hydroxylation sites is 1. The number of aryl methyl sites for hydroxylation is 2. The van der Waals surface area contributed by atoms with Gasteiger partial charge in [-0.15, -0.1) is 0 Å². The number of hydrazone groups is 1. The fourth-order valence-electron chi connectivity index (χ4n) is 3.04. The lowest BCUT2D eigenvalue weighted by atomic mass is 10.1. The zero-order valence-corrected chi connectivity index (χ0v) is 16.7. The second-order valence-electron chi connectivity index (χ2n) is 6.60. The Morgan fingerprint density at radius 1 is 1.14 bits per heavy atom. The van der Waals surface area contributed by atoms with Gasteiger partial charge in [-0.25, -0.2) is 4.98 Å². The largest absolute Gasteiger partial charge is 0.491 e.